The van der Waals surface area contributed by atoms with Crippen LogP contribution < -0.4 is 4.74 Å². The Hall–Kier alpha value is -2.31. The van der Waals surface area contributed by atoms with E-state index in [0.717, 1.165) is 36.1 Å². The van der Waals surface area contributed by atoms with Crippen LogP contribution in [0.2, 0.25) is 5.02 Å². The van der Waals surface area contributed by atoms with Crippen LogP contribution in [0.15, 0.2) is 35.2 Å². The molecule has 4 rings (SSSR count). The van der Waals surface area contributed by atoms with E-state index >= 15 is 0 Å². The number of ketones is 1. The lowest BCUT2D eigenvalue weighted by atomic mass is 9.97. The molecular weight excluding hydrogens is 422 g/mol. The third-order valence-electron chi connectivity index (χ3n) is 5.85. The van der Waals surface area contributed by atoms with Crippen molar-refractivity contribution in [1.82, 2.24) is 4.90 Å². The number of carbonyl (C=O) groups excluding carboxylic acids is 2. The van der Waals surface area contributed by atoms with Gasteiger partial charge in [0.1, 0.15) is 17.6 Å². The number of carbonyl (C=O) groups is 2. The van der Waals surface area contributed by atoms with Crippen molar-refractivity contribution in [3.63, 3.8) is 0 Å². The molecule has 2 fully saturated rings. The number of likely N-dealkylation sites (tertiary alicyclic amines) is 1. The van der Waals surface area contributed by atoms with Crippen molar-refractivity contribution in [2.45, 2.75) is 51.6 Å². The quantitative estimate of drug-likeness (QED) is 0.376. The molecule has 7 heteroatoms. The molecule has 0 bridgehead atoms. The number of thiophene rings is 1. The van der Waals surface area contributed by atoms with E-state index in [0.29, 0.717) is 22.9 Å². The van der Waals surface area contributed by atoms with Crippen LogP contribution in [-0.2, 0) is 9.59 Å². The topological polar surface area (TPSA) is 66.8 Å². The van der Waals surface area contributed by atoms with Gasteiger partial charge in [0.25, 0.3) is 11.7 Å². The Morgan fingerprint density at radius 1 is 1.27 bits per heavy atom. The second kappa shape index (κ2) is 8.44. The number of aryl methyl sites for hydroxylation is 1. The van der Waals surface area contributed by atoms with Crippen LogP contribution in [0, 0.1) is 6.92 Å². The fourth-order valence-electron chi connectivity index (χ4n) is 4.42. The first kappa shape index (κ1) is 20.9. The summed E-state index contributed by atoms with van der Waals surface area (Å²) in [5.41, 5.74) is 1.40. The summed E-state index contributed by atoms with van der Waals surface area (Å²) in [6, 6.07) is 6.32. The van der Waals surface area contributed by atoms with E-state index in [4.69, 9.17) is 16.3 Å². The van der Waals surface area contributed by atoms with Gasteiger partial charge in [-0.3, -0.25) is 9.59 Å². The van der Waals surface area contributed by atoms with Gasteiger partial charge in [-0.25, -0.2) is 0 Å². The summed E-state index contributed by atoms with van der Waals surface area (Å²) in [5, 5.41) is 13.5. The van der Waals surface area contributed by atoms with E-state index in [1.165, 1.54) is 11.3 Å². The van der Waals surface area contributed by atoms with E-state index in [1.807, 2.05) is 25.3 Å². The minimum absolute atomic E-state index is 0.00322. The van der Waals surface area contributed by atoms with Gasteiger partial charge in [-0.1, -0.05) is 24.4 Å². The highest BCUT2D eigenvalue weighted by atomic mass is 35.5. The first-order chi connectivity index (χ1) is 14.4. The van der Waals surface area contributed by atoms with Gasteiger partial charge in [0.2, 0.25) is 0 Å². The summed E-state index contributed by atoms with van der Waals surface area (Å²) >= 11 is 7.86. The summed E-state index contributed by atoms with van der Waals surface area (Å²) in [5.74, 6) is -0.913. The smallest absolute Gasteiger partial charge is 0.295 e. The van der Waals surface area contributed by atoms with Crippen molar-refractivity contribution in [2.24, 2.45) is 0 Å². The van der Waals surface area contributed by atoms with Crippen LogP contribution in [0.4, 0.5) is 0 Å². The Labute approximate surface area is 184 Å². The molecule has 1 amide bonds. The average molecular weight is 446 g/mol. The number of aliphatic hydroxyl groups excluding tert-OH is 1. The number of halogens is 1. The van der Waals surface area contributed by atoms with Crippen molar-refractivity contribution >= 4 is 40.4 Å². The fraction of sp³-hybridized carbons (Fsp3) is 0.391. The molecule has 1 saturated carbocycles. The molecule has 158 valence electrons. The Balaban J connectivity index is 1.90. The predicted molar refractivity (Wildman–Crippen MR) is 118 cm³/mol. The van der Waals surface area contributed by atoms with Crippen LogP contribution in [-0.4, -0.2) is 34.3 Å². The average Bonchev–Trinajstić information content (AvgIpc) is 3.44. The zero-order chi connectivity index (χ0) is 21.4. The van der Waals surface area contributed by atoms with Gasteiger partial charge in [-0.2, -0.15) is 0 Å². The van der Waals surface area contributed by atoms with Crippen molar-refractivity contribution in [1.29, 1.82) is 0 Å². The van der Waals surface area contributed by atoms with E-state index in [9.17, 15) is 14.7 Å². The number of nitrogens with zero attached hydrogens (tertiary/aromatic N) is 1. The molecule has 30 heavy (non-hydrogen) atoms. The van der Waals surface area contributed by atoms with Gasteiger partial charge in [0, 0.05) is 16.5 Å². The standard InChI is InChI=1S/C23H24ClNO4S/c1-3-29-15-8-9-17(24)16(12-15)20(26)18-19(22-13(2)10-11-30-22)25(23(28)21(18)27)14-6-4-5-7-14/h8-12,14,19,26H,3-7H2,1-2H3/b20-18+. The Kier molecular flexibility index (Phi) is 5.89. The molecule has 0 spiro atoms. The van der Waals surface area contributed by atoms with Crippen molar-refractivity contribution in [2.75, 3.05) is 6.61 Å². The second-order valence-corrected chi connectivity index (χ2v) is 9.04. The summed E-state index contributed by atoms with van der Waals surface area (Å²) in [4.78, 5) is 28.8. The molecule has 1 N–H and O–H groups in total. The molecule has 2 heterocycles. The summed E-state index contributed by atoms with van der Waals surface area (Å²) in [6.45, 7) is 4.28. The van der Waals surface area contributed by atoms with Gasteiger partial charge in [0.05, 0.1) is 17.2 Å². The molecule has 1 atom stereocenters. The number of hydrogen-bond donors (Lipinski definition) is 1. The maximum Gasteiger partial charge on any atom is 0.295 e. The van der Waals surface area contributed by atoms with Gasteiger partial charge in [-0.15, -0.1) is 11.3 Å². The zero-order valence-electron chi connectivity index (χ0n) is 17.0. The molecule has 1 aromatic heterocycles. The maximum absolute atomic E-state index is 13.1. The highest BCUT2D eigenvalue weighted by Crippen LogP contribution is 2.46. The fourth-order valence-corrected chi connectivity index (χ4v) is 5.66. The van der Waals surface area contributed by atoms with Gasteiger partial charge >= 0.3 is 0 Å². The zero-order valence-corrected chi connectivity index (χ0v) is 18.6. The minimum Gasteiger partial charge on any atom is -0.507 e. The SMILES string of the molecule is CCOc1ccc(Cl)c(/C(O)=C2\C(=O)C(=O)N(C3CCCC3)C2c2sccc2C)c1. The minimum atomic E-state index is -0.657. The van der Waals surface area contributed by atoms with Gasteiger partial charge in [0.15, 0.2) is 0 Å². The Morgan fingerprint density at radius 2 is 2.00 bits per heavy atom. The molecular formula is C23H24ClNO4S. The van der Waals surface area contributed by atoms with E-state index in [2.05, 4.69) is 0 Å². The largest absolute Gasteiger partial charge is 0.507 e. The summed E-state index contributed by atoms with van der Waals surface area (Å²) in [7, 11) is 0. The van der Waals surface area contributed by atoms with Gasteiger partial charge < -0.3 is 14.7 Å². The van der Waals surface area contributed by atoms with Crippen molar-refractivity contribution in [3.8, 4) is 5.75 Å². The monoisotopic (exact) mass is 445 g/mol. The number of Topliss-reactive ketones (excluding diaryl/α,β-unsaturated/α-hetero) is 1. The third kappa shape index (κ3) is 3.52. The number of rotatable bonds is 5. The van der Waals surface area contributed by atoms with Crippen LogP contribution >= 0.6 is 22.9 Å². The van der Waals surface area contributed by atoms with E-state index < -0.39 is 17.7 Å². The van der Waals surface area contributed by atoms with Gasteiger partial charge in [-0.05, 0) is 61.9 Å². The second-order valence-electron chi connectivity index (χ2n) is 7.69. The molecule has 1 unspecified atom stereocenters. The van der Waals surface area contributed by atoms with Crippen LogP contribution in [0.25, 0.3) is 5.76 Å². The van der Waals surface area contributed by atoms with Crippen molar-refractivity contribution < 1.29 is 19.4 Å². The molecule has 1 aliphatic carbocycles. The van der Waals surface area contributed by atoms with Crippen LogP contribution in [0.3, 0.4) is 0 Å². The molecule has 5 nitrogen and oxygen atoms in total. The Morgan fingerprint density at radius 3 is 2.63 bits per heavy atom. The van der Waals surface area contributed by atoms with E-state index in [-0.39, 0.29) is 17.4 Å². The van der Waals surface area contributed by atoms with Crippen molar-refractivity contribution in [3.05, 3.63) is 56.2 Å². The molecule has 1 aliphatic heterocycles. The lowest BCUT2D eigenvalue weighted by Gasteiger charge is -2.30. The molecule has 2 aromatic rings. The predicted octanol–water partition coefficient (Wildman–Crippen LogP) is 5.47. The first-order valence-electron chi connectivity index (χ1n) is 10.2. The summed E-state index contributed by atoms with van der Waals surface area (Å²) < 4.78 is 5.53. The summed E-state index contributed by atoms with van der Waals surface area (Å²) in [6.07, 6.45) is 3.81. The number of benzene rings is 1. The number of amides is 1. The number of aliphatic hydroxyl groups is 1. The van der Waals surface area contributed by atoms with Crippen LogP contribution in [0.5, 0.6) is 5.75 Å². The Bertz CT molecular complexity index is 1020. The van der Waals surface area contributed by atoms with Crippen LogP contribution in [0.1, 0.15) is 54.7 Å². The molecule has 0 radical (unpaired) electrons. The third-order valence-corrected chi connectivity index (χ3v) is 7.25. The lowest BCUT2D eigenvalue weighted by molar-refractivity contribution is -0.141. The molecule has 1 saturated heterocycles. The first-order valence-corrected chi connectivity index (χ1v) is 11.5. The maximum atomic E-state index is 13.1. The highest BCUT2D eigenvalue weighted by Gasteiger charge is 2.50. The molecule has 1 aromatic carbocycles. The normalized spacial score (nSPS) is 21.6. The number of ether oxygens (including phenoxy) is 1. The molecule has 2 aliphatic rings. The van der Waals surface area contributed by atoms with E-state index in [1.54, 1.807) is 23.1 Å². The highest BCUT2D eigenvalue weighted by molar-refractivity contribution is 7.10. The number of hydrogen-bond acceptors (Lipinski definition) is 5. The lowest BCUT2D eigenvalue weighted by Crippen LogP contribution is -2.37.